The van der Waals surface area contributed by atoms with Gasteiger partial charge >= 0.3 is 0 Å². The van der Waals surface area contributed by atoms with Crippen molar-refractivity contribution in [2.24, 2.45) is 0 Å². The number of para-hydroxylation sites is 1. The molecule has 1 N–H and O–H groups in total. The van der Waals surface area contributed by atoms with Crippen LogP contribution < -0.4 is 5.48 Å². The minimum atomic E-state index is 0.872. The summed E-state index contributed by atoms with van der Waals surface area (Å²) >= 11 is 0. The van der Waals surface area contributed by atoms with Gasteiger partial charge < -0.3 is 9.25 Å². The van der Waals surface area contributed by atoms with Crippen molar-refractivity contribution in [3.63, 3.8) is 0 Å². The van der Waals surface area contributed by atoms with Crippen LogP contribution in [0, 0.1) is 6.92 Å². The maximum Gasteiger partial charge on any atom is 0.135 e. The Morgan fingerprint density at radius 1 is 0.958 bits per heavy atom. The highest BCUT2D eigenvalue weighted by molar-refractivity contribution is 5.82. The number of rotatable bonds is 3. The predicted molar refractivity (Wildman–Crippen MR) is 103 cm³/mol. The molecule has 3 aromatic rings. The second-order valence-corrected chi connectivity index (χ2v) is 5.42. The molecule has 2 aromatic carbocycles. The van der Waals surface area contributed by atoms with Crippen molar-refractivity contribution in [1.29, 1.82) is 0 Å². The van der Waals surface area contributed by atoms with E-state index in [4.69, 9.17) is 4.42 Å². The van der Waals surface area contributed by atoms with E-state index in [9.17, 15) is 0 Å². The molecule has 0 radical (unpaired) electrons. The van der Waals surface area contributed by atoms with Gasteiger partial charge in [0.2, 0.25) is 0 Å². The zero-order valence-electron chi connectivity index (χ0n) is 15.4. The van der Waals surface area contributed by atoms with E-state index in [1.54, 1.807) is 7.11 Å². The maximum absolute atomic E-state index is 5.79. The van der Waals surface area contributed by atoms with Gasteiger partial charge in [0, 0.05) is 17.5 Å². The molecule has 0 spiro atoms. The van der Waals surface area contributed by atoms with Crippen LogP contribution in [0.2, 0.25) is 0 Å². The average molecular weight is 327 g/mol. The number of hydroxylamine groups is 1. The number of benzene rings is 2. The van der Waals surface area contributed by atoms with Gasteiger partial charge in [-0.15, -0.1) is 0 Å². The summed E-state index contributed by atoms with van der Waals surface area (Å²) in [6, 6.07) is 18.5. The molecule has 0 bridgehead atoms. The van der Waals surface area contributed by atoms with Gasteiger partial charge in [0.1, 0.15) is 11.3 Å². The summed E-state index contributed by atoms with van der Waals surface area (Å²) in [5.74, 6) is 0.932. The number of nitrogens with one attached hydrogen (secondary N) is 1. The van der Waals surface area contributed by atoms with E-state index in [-0.39, 0.29) is 0 Å². The van der Waals surface area contributed by atoms with Gasteiger partial charge in [-0.25, -0.2) is 5.48 Å². The summed E-state index contributed by atoms with van der Waals surface area (Å²) in [4.78, 5) is 4.44. The van der Waals surface area contributed by atoms with Gasteiger partial charge in [0.05, 0.1) is 7.11 Å². The van der Waals surface area contributed by atoms with E-state index < -0.39 is 0 Å². The van der Waals surface area contributed by atoms with Crippen LogP contribution in [-0.2, 0) is 4.84 Å². The molecule has 3 nitrogen and oxygen atoms in total. The largest absolute Gasteiger partial charge is 0.456 e. The zero-order valence-corrected chi connectivity index (χ0v) is 15.4. The van der Waals surface area contributed by atoms with Crippen molar-refractivity contribution in [3.05, 3.63) is 60.2 Å². The van der Waals surface area contributed by atoms with Crippen LogP contribution in [-0.4, -0.2) is 13.7 Å². The Hall–Kier alpha value is -2.10. The summed E-state index contributed by atoms with van der Waals surface area (Å²) < 4.78 is 5.79. The monoisotopic (exact) mass is 327 g/mol. The number of aryl methyl sites for hydroxylation is 1. The van der Waals surface area contributed by atoms with Crippen LogP contribution in [0.3, 0.4) is 0 Å². The Kier molecular flexibility index (Phi) is 9.51. The van der Waals surface area contributed by atoms with Crippen LogP contribution in [0.4, 0.5) is 0 Å². The molecule has 3 rings (SSSR count). The molecule has 0 amide bonds. The standard InChI is InChI=1S/C15H12O.C3H9NO.C3H8/c1-11-6-8-12(9-7-11)15-10-13-4-2-3-5-14(13)16-15;1-3-4-5-2;1-3-2/h2-10H,1H3;4H,3H2,1-2H3;3H2,1-2H3. The molecule has 130 valence electrons. The van der Waals surface area contributed by atoms with Crippen LogP contribution in [0.1, 0.15) is 32.8 Å². The lowest BCUT2D eigenvalue weighted by Gasteiger charge is -1.96. The molecule has 1 aromatic heterocycles. The molecule has 0 fully saturated rings. The van der Waals surface area contributed by atoms with Gasteiger partial charge in [-0.05, 0) is 19.1 Å². The number of fused-ring (bicyclic) bond motifs is 1. The lowest BCUT2D eigenvalue weighted by Crippen LogP contribution is -2.08. The smallest absolute Gasteiger partial charge is 0.135 e. The first-order valence-electron chi connectivity index (χ1n) is 8.47. The molecule has 1 heterocycles. The van der Waals surface area contributed by atoms with Crippen molar-refractivity contribution in [2.75, 3.05) is 13.7 Å². The predicted octanol–water partition coefficient (Wildman–Crippen LogP) is 5.98. The quantitative estimate of drug-likeness (QED) is 0.601. The van der Waals surface area contributed by atoms with Crippen LogP contribution >= 0.6 is 0 Å². The van der Waals surface area contributed by atoms with Gasteiger partial charge in [-0.2, -0.15) is 0 Å². The SMILES string of the molecule is CCC.CCNOC.Cc1ccc(-c2cc3ccccc3o2)cc1. The van der Waals surface area contributed by atoms with Crippen LogP contribution in [0.15, 0.2) is 59.0 Å². The molecule has 0 aliphatic carbocycles. The Morgan fingerprint density at radius 2 is 1.58 bits per heavy atom. The minimum absolute atomic E-state index is 0.872. The summed E-state index contributed by atoms with van der Waals surface area (Å²) in [7, 11) is 1.60. The molecule has 0 unspecified atom stereocenters. The highest BCUT2D eigenvalue weighted by Crippen LogP contribution is 2.27. The van der Waals surface area contributed by atoms with E-state index in [1.165, 1.54) is 12.0 Å². The Balaban J connectivity index is 0.000000307. The molecule has 0 saturated carbocycles. The molecule has 0 aliphatic rings. The third-order valence-electron chi connectivity index (χ3n) is 3.05. The first-order chi connectivity index (χ1) is 11.7. The van der Waals surface area contributed by atoms with Crippen LogP contribution in [0.5, 0.6) is 0 Å². The van der Waals surface area contributed by atoms with E-state index in [0.29, 0.717) is 0 Å². The van der Waals surface area contributed by atoms with Crippen molar-refractivity contribution < 1.29 is 9.25 Å². The highest BCUT2D eigenvalue weighted by Gasteiger charge is 2.04. The second kappa shape index (κ2) is 11.4. The normalized spacial score (nSPS) is 9.71. The van der Waals surface area contributed by atoms with E-state index >= 15 is 0 Å². The number of furan rings is 1. The molecule has 0 saturated heterocycles. The summed E-state index contributed by atoms with van der Waals surface area (Å²) in [6.45, 7) is 9.18. The molecule has 0 aliphatic heterocycles. The van der Waals surface area contributed by atoms with Crippen molar-refractivity contribution in [1.82, 2.24) is 5.48 Å². The molecular formula is C21H29NO2. The first kappa shape index (κ1) is 19.9. The Morgan fingerprint density at radius 3 is 2.08 bits per heavy atom. The second-order valence-electron chi connectivity index (χ2n) is 5.42. The van der Waals surface area contributed by atoms with Crippen LogP contribution in [0.25, 0.3) is 22.3 Å². The van der Waals surface area contributed by atoms with Gasteiger partial charge in [0.15, 0.2) is 0 Å². The summed E-state index contributed by atoms with van der Waals surface area (Å²) in [5, 5.41) is 1.15. The van der Waals surface area contributed by atoms with Gasteiger partial charge in [0.25, 0.3) is 0 Å². The van der Waals surface area contributed by atoms with Gasteiger partial charge in [-0.3, -0.25) is 0 Å². The summed E-state index contributed by atoms with van der Waals surface area (Å²) in [6.07, 6.45) is 1.25. The van der Waals surface area contributed by atoms with E-state index in [2.05, 4.69) is 67.5 Å². The topological polar surface area (TPSA) is 34.4 Å². The van der Waals surface area contributed by atoms with E-state index in [0.717, 1.165) is 28.8 Å². The zero-order chi connectivity index (χ0) is 17.8. The Bertz CT molecular complexity index is 651. The van der Waals surface area contributed by atoms with Crippen molar-refractivity contribution in [3.8, 4) is 11.3 Å². The Labute approximate surface area is 145 Å². The number of hydrogen-bond acceptors (Lipinski definition) is 3. The highest BCUT2D eigenvalue weighted by atomic mass is 16.6. The first-order valence-corrected chi connectivity index (χ1v) is 8.47. The molecule has 24 heavy (non-hydrogen) atoms. The number of hydrogen-bond donors (Lipinski definition) is 1. The minimum Gasteiger partial charge on any atom is -0.456 e. The fourth-order valence-corrected chi connectivity index (χ4v) is 1.99. The van der Waals surface area contributed by atoms with E-state index in [1.807, 2.05) is 25.1 Å². The van der Waals surface area contributed by atoms with Gasteiger partial charge in [-0.1, -0.05) is 75.2 Å². The third-order valence-corrected chi connectivity index (χ3v) is 3.05. The van der Waals surface area contributed by atoms with Crippen molar-refractivity contribution in [2.45, 2.75) is 34.1 Å². The maximum atomic E-state index is 5.79. The molecule has 3 heteroatoms. The average Bonchev–Trinajstić information content (AvgIpc) is 3.01. The van der Waals surface area contributed by atoms with Crippen molar-refractivity contribution >= 4 is 11.0 Å². The lowest BCUT2D eigenvalue weighted by atomic mass is 10.1. The fraction of sp³-hybridized carbons (Fsp3) is 0.333. The lowest BCUT2D eigenvalue weighted by molar-refractivity contribution is 0.0962. The molecular weight excluding hydrogens is 298 g/mol. The summed E-state index contributed by atoms with van der Waals surface area (Å²) in [5.41, 5.74) is 5.94. The fourth-order valence-electron chi connectivity index (χ4n) is 1.99. The third kappa shape index (κ3) is 6.57. The molecule has 0 atom stereocenters.